The van der Waals surface area contributed by atoms with Crippen LogP contribution in [0.3, 0.4) is 0 Å². The van der Waals surface area contributed by atoms with Crippen molar-refractivity contribution in [3.63, 3.8) is 0 Å². The van der Waals surface area contributed by atoms with Crippen molar-refractivity contribution in [3.05, 3.63) is 34.1 Å². The molecule has 1 aromatic rings. The Kier molecular flexibility index (Phi) is 5.18. The van der Waals surface area contributed by atoms with E-state index in [2.05, 4.69) is 34.7 Å². The van der Waals surface area contributed by atoms with Gasteiger partial charge >= 0.3 is 0 Å². The van der Waals surface area contributed by atoms with Gasteiger partial charge in [-0.25, -0.2) is 4.39 Å². The molecule has 1 aromatic carbocycles. The molecule has 1 aliphatic heterocycles. The van der Waals surface area contributed by atoms with Crippen LogP contribution in [0.4, 0.5) is 4.39 Å². The highest BCUT2D eigenvalue weighted by molar-refractivity contribution is 9.10. The van der Waals surface area contributed by atoms with Crippen LogP contribution in [0, 0.1) is 5.82 Å². The monoisotopic (exact) mass is 344 g/mol. The van der Waals surface area contributed by atoms with E-state index in [9.17, 15) is 4.39 Å². The molecule has 0 saturated carbocycles. The fraction of sp³-hybridized carbons (Fsp3) is 0.600. The molecule has 3 nitrogen and oxygen atoms in total. The molecule has 0 aliphatic carbocycles. The van der Waals surface area contributed by atoms with Gasteiger partial charge in [-0.2, -0.15) is 0 Å². The molecule has 20 heavy (non-hydrogen) atoms. The fourth-order valence-corrected chi connectivity index (χ4v) is 3.19. The third-order valence-electron chi connectivity index (χ3n) is 4.44. The number of benzene rings is 1. The van der Waals surface area contributed by atoms with Gasteiger partial charge in [0, 0.05) is 24.2 Å². The molecule has 0 aromatic heterocycles. The van der Waals surface area contributed by atoms with Gasteiger partial charge in [0.05, 0.1) is 23.7 Å². The van der Waals surface area contributed by atoms with E-state index in [1.807, 2.05) is 6.07 Å². The Balaban J connectivity index is 2.32. The molecule has 2 N–H and O–H groups in total. The zero-order chi connectivity index (χ0) is 14.8. The Hall–Kier alpha value is -0.490. The Bertz CT molecular complexity index is 465. The Labute approximate surface area is 128 Å². The van der Waals surface area contributed by atoms with E-state index in [0.717, 1.165) is 19.5 Å². The lowest BCUT2D eigenvalue weighted by Crippen LogP contribution is -2.56. The van der Waals surface area contributed by atoms with Crippen LogP contribution in [-0.4, -0.2) is 36.7 Å². The summed E-state index contributed by atoms with van der Waals surface area (Å²) in [6.07, 6.45) is 0.861. The predicted octanol–water partition coefficient (Wildman–Crippen LogP) is 3.09. The number of hydrogen-bond donors (Lipinski definition) is 1. The first-order valence-electron chi connectivity index (χ1n) is 7.03. The SMILES string of the molecule is CCC(C)(C(N)c1cccc(Br)c1F)N1CCOCC1. The lowest BCUT2D eigenvalue weighted by atomic mass is 9.83. The molecule has 1 saturated heterocycles. The van der Waals surface area contributed by atoms with Crippen LogP contribution in [0.5, 0.6) is 0 Å². The lowest BCUT2D eigenvalue weighted by Gasteiger charge is -2.46. The van der Waals surface area contributed by atoms with Crippen LogP contribution < -0.4 is 5.73 Å². The van der Waals surface area contributed by atoms with Crippen molar-refractivity contribution in [1.82, 2.24) is 4.90 Å². The minimum absolute atomic E-state index is 0.257. The molecule has 0 radical (unpaired) electrons. The van der Waals surface area contributed by atoms with Gasteiger partial charge in [-0.1, -0.05) is 19.1 Å². The maximum absolute atomic E-state index is 14.3. The molecule has 0 bridgehead atoms. The average Bonchev–Trinajstić information content (AvgIpc) is 2.49. The van der Waals surface area contributed by atoms with Crippen LogP contribution in [-0.2, 0) is 4.74 Å². The quantitative estimate of drug-likeness (QED) is 0.911. The first-order valence-corrected chi connectivity index (χ1v) is 7.82. The van der Waals surface area contributed by atoms with Crippen LogP contribution in [0.15, 0.2) is 22.7 Å². The Morgan fingerprint density at radius 3 is 2.70 bits per heavy atom. The summed E-state index contributed by atoms with van der Waals surface area (Å²) in [6.45, 7) is 7.32. The number of rotatable bonds is 4. The highest BCUT2D eigenvalue weighted by Gasteiger charge is 2.39. The summed E-state index contributed by atoms with van der Waals surface area (Å²) < 4.78 is 20.2. The third-order valence-corrected chi connectivity index (χ3v) is 5.05. The number of nitrogens with two attached hydrogens (primary N) is 1. The highest BCUT2D eigenvalue weighted by Crippen LogP contribution is 2.35. The number of halogens is 2. The summed E-state index contributed by atoms with van der Waals surface area (Å²) in [7, 11) is 0. The molecule has 0 spiro atoms. The van der Waals surface area contributed by atoms with Gasteiger partial charge in [-0.05, 0) is 35.3 Å². The van der Waals surface area contributed by atoms with Crippen molar-refractivity contribution in [2.75, 3.05) is 26.3 Å². The molecule has 2 atom stereocenters. The Morgan fingerprint density at radius 2 is 2.10 bits per heavy atom. The zero-order valence-electron chi connectivity index (χ0n) is 12.0. The summed E-state index contributed by atoms with van der Waals surface area (Å²) in [4.78, 5) is 2.32. The van der Waals surface area contributed by atoms with Gasteiger partial charge in [0.2, 0.25) is 0 Å². The molecule has 1 heterocycles. The Morgan fingerprint density at radius 1 is 1.45 bits per heavy atom. The largest absolute Gasteiger partial charge is 0.379 e. The van der Waals surface area contributed by atoms with Gasteiger partial charge < -0.3 is 10.5 Å². The molecule has 1 aliphatic rings. The van der Waals surface area contributed by atoms with Crippen molar-refractivity contribution in [3.8, 4) is 0 Å². The van der Waals surface area contributed by atoms with Gasteiger partial charge in [0.25, 0.3) is 0 Å². The standard InChI is InChI=1S/C15H22BrFN2O/c1-3-15(2,19-7-9-20-10-8-19)14(18)11-5-4-6-12(16)13(11)17/h4-6,14H,3,7-10,18H2,1-2H3. The minimum atomic E-state index is -0.372. The summed E-state index contributed by atoms with van der Waals surface area (Å²) >= 11 is 3.23. The molecular weight excluding hydrogens is 323 g/mol. The topological polar surface area (TPSA) is 38.5 Å². The smallest absolute Gasteiger partial charge is 0.142 e. The summed E-state index contributed by atoms with van der Waals surface area (Å²) in [6, 6.07) is 4.93. The van der Waals surface area contributed by atoms with E-state index in [1.165, 1.54) is 0 Å². The van der Waals surface area contributed by atoms with Crippen molar-refractivity contribution < 1.29 is 9.13 Å². The van der Waals surface area contributed by atoms with Crippen LogP contribution in [0.1, 0.15) is 31.9 Å². The van der Waals surface area contributed by atoms with Gasteiger partial charge in [0.15, 0.2) is 0 Å². The lowest BCUT2D eigenvalue weighted by molar-refractivity contribution is -0.0281. The number of ether oxygens (including phenoxy) is 1. The second kappa shape index (κ2) is 6.52. The maximum atomic E-state index is 14.3. The van der Waals surface area contributed by atoms with E-state index in [4.69, 9.17) is 10.5 Å². The van der Waals surface area contributed by atoms with E-state index >= 15 is 0 Å². The molecular formula is C15H22BrFN2O. The van der Waals surface area contributed by atoms with E-state index in [1.54, 1.807) is 12.1 Å². The normalized spacial score (nSPS) is 21.4. The molecule has 2 rings (SSSR count). The molecule has 2 unspecified atom stereocenters. The van der Waals surface area contributed by atoms with Crippen LogP contribution >= 0.6 is 15.9 Å². The van der Waals surface area contributed by atoms with Crippen LogP contribution in [0.25, 0.3) is 0 Å². The van der Waals surface area contributed by atoms with E-state index in [0.29, 0.717) is 23.2 Å². The molecule has 1 fully saturated rings. The second-order valence-electron chi connectivity index (χ2n) is 5.43. The summed E-state index contributed by atoms with van der Waals surface area (Å²) in [5.74, 6) is -0.257. The third kappa shape index (κ3) is 2.91. The zero-order valence-corrected chi connectivity index (χ0v) is 13.6. The number of morpholine rings is 1. The molecule has 0 amide bonds. The van der Waals surface area contributed by atoms with Crippen molar-refractivity contribution in [1.29, 1.82) is 0 Å². The first-order chi connectivity index (χ1) is 9.50. The molecule has 112 valence electrons. The summed E-state index contributed by atoms with van der Waals surface area (Å²) in [5, 5.41) is 0. The second-order valence-corrected chi connectivity index (χ2v) is 6.29. The van der Waals surface area contributed by atoms with Crippen molar-refractivity contribution in [2.24, 2.45) is 5.73 Å². The van der Waals surface area contributed by atoms with Gasteiger partial charge in [-0.15, -0.1) is 0 Å². The number of hydrogen-bond acceptors (Lipinski definition) is 3. The fourth-order valence-electron chi connectivity index (χ4n) is 2.81. The highest BCUT2D eigenvalue weighted by atomic mass is 79.9. The average molecular weight is 345 g/mol. The van der Waals surface area contributed by atoms with Crippen molar-refractivity contribution >= 4 is 15.9 Å². The van der Waals surface area contributed by atoms with Gasteiger partial charge in [-0.3, -0.25) is 4.90 Å². The minimum Gasteiger partial charge on any atom is -0.379 e. The van der Waals surface area contributed by atoms with E-state index < -0.39 is 0 Å². The molecule has 5 heteroatoms. The van der Waals surface area contributed by atoms with Gasteiger partial charge in [0.1, 0.15) is 5.82 Å². The first kappa shape index (κ1) is 15.9. The van der Waals surface area contributed by atoms with E-state index in [-0.39, 0.29) is 17.4 Å². The predicted molar refractivity (Wildman–Crippen MR) is 82.1 cm³/mol. The summed E-state index contributed by atoms with van der Waals surface area (Å²) in [5.41, 5.74) is 6.73. The maximum Gasteiger partial charge on any atom is 0.142 e. The van der Waals surface area contributed by atoms with Crippen LogP contribution in [0.2, 0.25) is 0 Å². The van der Waals surface area contributed by atoms with Crippen molar-refractivity contribution in [2.45, 2.75) is 31.8 Å². The number of nitrogens with zero attached hydrogens (tertiary/aromatic N) is 1.